The number of aliphatic hydroxyl groups excluding tert-OH is 1. The first-order chi connectivity index (χ1) is 11.7. The van der Waals surface area contributed by atoms with Gasteiger partial charge < -0.3 is 14.9 Å². The van der Waals surface area contributed by atoms with Gasteiger partial charge in [0.2, 0.25) is 11.7 Å². The van der Waals surface area contributed by atoms with Crippen LogP contribution in [-0.2, 0) is 13.2 Å². The van der Waals surface area contributed by atoms with E-state index in [1.807, 2.05) is 30.3 Å². The number of aromatic nitrogens is 2. The Balaban J connectivity index is 1.73. The number of amides is 1. The molecule has 1 aromatic heterocycles. The summed E-state index contributed by atoms with van der Waals surface area (Å²) in [6, 6.07) is 14.5. The molecule has 0 radical (unpaired) electrons. The number of aliphatic hydroxyl groups is 1. The molecule has 0 aliphatic heterocycles. The van der Waals surface area contributed by atoms with Gasteiger partial charge in [0.05, 0.1) is 6.61 Å². The standard InChI is InChI=1S/C18H17N3O3/c1-12-20-17(21-24-12)13-7-4-8-14(9-13)18(23)19-10-15-5-2-3-6-16(15)11-22/h2-9,22H,10-11H2,1H3,(H,19,23). The molecule has 6 nitrogen and oxygen atoms in total. The highest BCUT2D eigenvalue weighted by atomic mass is 16.5. The fraction of sp³-hybridized carbons (Fsp3) is 0.167. The van der Waals surface area contributed by atoms with Crippen LogP contribution >= 0.6 is 0 Å². The Hall–Kier alpha value is -2.99. The zero-order chi connectivity index (χ0) is 16.9. The molecule has 2 aromatic carbocycles. The van der Waals surface area contributed by atoms with Crippen LogP contribution < -0.4 is 5.32 Å². The van der Waals surface area contributed by atoms with Crippen LogP contribution in [0.2, 0.25) is 0 Å². The Labute approximate surface area is 139 Å². The summed E-state index contributed by atoms with van der Waals surface area (Å²) >= 11 is 0. The fourth-order valence-electron chi connectivity index (χ4n) is 2.38. The van der Waals surface area contributed by atoms with Crippen LogP contribution in [0.3, 0.4) is 0 Å². The monoisotopic (exact) mass is 323 g/mol. The van der Waals surface area contributed by atoms with E-state index < -0.39 is 0 Å². The Morgan fingerprint density at radius 3 is 2.67 bits per heavy atom. The smallest absolute Gasteiger partial charge is 0.251 e. The summed E-state index contributed by atoms with van der Waals surface area (Å²) in [5.41, 5.74) is 2.92. The molecule has 6 heteroatoms. The molecule has 3 aromatic rings. The van der Waals surface area contributed by atoms with E-state index in [2.05, 4.69) is 15.5 Å². The number of hydrogen-bond acceptors (Lipinski definition) is 5. The third kappa shape index (κ3) is 3.49. The Kier molecular flexibility index (Phi) is 4.67. The van der Waals surface area contributed by atoms with Crippen molar-refractivity contribution < 1.29 is 14.4 Å². The molecule has 0 aliphatic rings. The van der Waals surface area contributed by atoms with Crippen LogP contribution in [0.15, 0.2) is 53.1 Å². The van der Waals surface area contributed by atoms with Crippen LogP contribution in [0.1, 0.15) is 27.4 Å². The Morgan fingerprint density at radius 2 is 1.96 bits per heavy atom. The first-order valence-electron chi connectivity index (χ1n) is 7.54. The molecule has 1 amide bonds. The van der Waals surface area contributed by atoms with Gasteiger partial charge in [-0.3, -0.25) is 4.79 Å². The van der Waals surface area contributed by atoms with Crippen LogP contribution in [0.5, 0.6) is 0 Å². The van der Waals surface area contributed by atoms with E-state index in [1.165, 1.54) is 0 Å². The molecule has 2 N–H and O–H groups in total. The molecule has 0 bridgehead atoms. The number of rotatable bonds is 5. The highest BCUT2D eigenvalue weighted by Crippen LogP contribution is 2.17. The van der Waals surface area contributed by atoms with E-state index in [4.69, 9.17) is 4.52 Å². The summed E-state index contributed by atoms with van der Waals surface area (Å²) in [6.07, 6.45) is 0. The number of nitrogens with one attached hydrogen (secondary N) is 1. The molecule has 24 heavy (non-hydrogen) atoms. The molecule has 0 spiro atoms. The third-order valence-corrected chi connectivity index (χ3v) is 3.64. The number of nitrogens with zero attached hydrogens (tertiary/aromatic N) is 2. The van der Waals surface area contributed by atoms with Crippen molar-refractivity contribution in [3.8, 4) is 11.4 Å². The number of carbonyl (C=O) groups is 1. The van der Waals surface area contributed by atoms with Crippen LogP contribution in [0.25, 0.3) is 11.4 Å². The maximum absolute atomic E-state index is 12.4. The van der Waals surface area contributed by atoms with Crippen molar-refractivity contribution in [3.63, 3.8) is 0 Å². The predicted molar refractivity (Wildman–Crippen MR) is 88.0 cm³/mol. The van der Waals surface area contributed by atoms with Crippen LogP contribution in [0.4, 0.5) is 0 Å². The topological polar surface area (TPSA) is 88.2 Å². The first kappa shape index (κ1) is 15.9. The molecule has 0 atom stereocenters. The molecule has 0 aliphatic carbocycles. The molecule has 3 rings (SSSR count). The molecule has 1 heterocycles. The molecule has 122 valence electrons. The van der Waals surface area contributed by atoms with Crippen molar-refractivity contribution in [2.75, 3.05) is 0 Å². The highest BCUT2D eigenvalue weighted by Gasteiger charge is 2.11. The third-order valence-electron chi connectivity index (χ3n) is 3.64. The van der Waals surface area contributed by atoms with Crippen molar-refractivity contribution in [2.24, 2.45) is 0 Å². The van der Waals surface area contributed by atoms with E-state index in [1.54, 1.807) is 25.1 Å². The van der Waals surface area contributed by atoms with Gasteiger partial charge in [-0.15, -0.1) is 0 Å². The lowest BCUT2D eigenvalue weighted by atomic mass is 10.1. The average molecular weight is 323 g/mol. The van der Waals surface area contributed by atoms with Gasteiger partial charge in [0.1, 0.15) is 0 Å². The summed E-state index contributed by atoms with van der Waals surface area (Å²) < 4.78 is 4.96. The maximum Gasteiger partial charge on any atom is 0.251 e. The normalized spacial score (nSPS) is 10.6. The SMILES string of the molecule is Cc1nc(-c2cccc(C(=O)NCc3ccccc3CO)c2)no1. The Morgan fingerprint density at radius 1 is 1.17 bits per heavy atom. The van der Waals surface area contributed by atoms with Gasteiger partial charge in [-0.05, 0) is 23.3 Å². The summed E-state index contributed by atoms with van der Waals surface area (Å²) in [6.45, 7) is 2.01. The van der Waals surface area contributed by atoms with E-state index >= 15 is 0 Å². The molecular formula is C18H17N3O3. The maximum atomic E-state index is 12.4. The van der Waals surface area contributed by atoms with Gasteiger partial charge in [-0.1, -0.05) is 41.6 Å². The molecule has 0 fully saturated rings. The van der Waals surface area contributed by atoms with E-state index in [9.17, 15) is 9.90 Å². The van der Waals surface area contributed by atoms with E-state index in [0.717, 1.165) is 16.7 Å². The second-order valence-electron chi connectivity index (χ2n) is 5.33. The fourth-order valence-corrected chi connectivity index (χ4v) is 2.38. The highest BCUT2D eigenvalue weighted by molar-refractivity contribution is 5.95. The minimum Gasteiger partial charge on any atom is -0.392 e. The number of hydrogen-bond donors (Lipinski definition) is 2. The van der Waals surface area contributed by atoms with Gasteiger partial charge >= 0.3 is 0 Å². The van der Waals surface area contributed by atoms with Crippen molar-refractivity contribution in [3.05, 3.63) is 71.1 Å². The summed E-state index contributed by atoms with van der Waals surface area (Å²) in [7, 11) is 0. The summed E-state index contributed by atoms with van der Waals surface area (Å²) in [5, 5.41) is 16.0. The van der Waals surface area contributed by atoms with Crippen LogP contribution in [-0.4, -0.2) is 21.2 Å². The minimum absolute atomic E-state index is 0.0568. The largest absolute Gasteiger partial charge is 0.392 e. The van der Waals surface area contributed by atoms with Crippen molar-refractivity contribution in [1.29, 1.82) is 0 Å². The number of carbonyl (C=O) groups excluding carboxylic acids is 1. The summed E-state index contributed by atoms with van der Waals surface area (Å²) in [4.78, 5) is 16.5. The first-order valence-corrected chi connectivity index (χ1v) is 7.54. The second kappa shape index (κ2) is 7.06. The van der Waals surface area contributed by atoms with E-state index in [0.29, 0.717) is 23.8 Å². The number of aryl methyl sites for hydroxylation is 1. The van der Waals surface area contributed by atoms with Gasteiger partial charge in [0, 0.05) is 24.6 Å². The van der Waals surface area contributed by atoms with Gasteiger partial charge in [-0.2, -0.15) is 4.98 Å². The summed E-state index contributed by atoms with van der Waals surface area (Å²) in [5.74, 6) is 0.720. The molecule has 0 saturated carbocycles. The quantitative estimate of drug-likeness (QED) is 0.753. The molecule has 0 unspecified atom stereocenters. The lowest BCUT2D eigenvalue weighted by molar-refractivity contribution is 0.0950. The van der Waals surface area contributed by atoms with Crippen molar-refractivity contribution >= 4 is 5.91 Å². The minimum atomic E-state index is -0.204. The van der Waals surface area contributed by atoms with Crippen molar-refractivity contribution in [2.45, 2.75) is 20.1 Å². The number of benzene rings is 2. The lowest BCUT2D eigenvalue weighted by Crippen LogP contribution is -2.23. The zero-order valence-electron chi connectivity index (χ0n) is 13.2. The second-order valence-corrected chi connectivity index (χ2v) is 5.33. The average Bonchev–Trinajstić information content (AvgIpc) is 3.06. The van der Waals surface area contributed by atoms with Crippen molar-refractivity contribution in [1.82, 2.24) is 15.5 Å². The van der Waals surface area contributed by atoms with Gasteiger partial charge in [0.25, 0.3) is 5.91 Å². The Bertz CT molecular complexity index is 858. The van der Waals surface area contributed by atoms with Gasteiger partial charge in [0.15, 0.2) is 0 Å². The molecular weight excluding hydrogens is 306 g/mol. The lowest BCUT2D eigenvalue weighted by Gasteiger charge is -2.09. The van der Waals surface area contributed by atoms with E-state index in [-0.39, 0.29) is 12.5 Å². The predicted octanol–water partition coefficient (Wildman–Crippen LogP) is 2.47. The molecule has 0 saturated heterocycles. The van der Waals surface area contributed by atoms with Gasteiger partial charge in [-0.25, -0.2) is 0 Å². The zero-order valence-corrected chi connectivity index (χ0v) is 13.2. The van der Waals surface area contributed by atoms with Crippen LogP contribution in [0, 0.1) is 6.92 Å².